The van der Waals surface area contributed by atoms with Crippen molar-refractivity contribution >= 4 is 38.4 Å². The average Bonchev–Trinajstić information content (AvgIpc) is 3.13. The molecule has 222 valence electrons. The monoisotopic (exact) mass is 614 g/mol. The molecular weight excluding hydrogens is 593 g/mol. The second-order valence-corrected chi connectivity index (χ2v) is 11.1. The first-order valence-electron chi connectivity index (χ1n) is 14.8. The number of para-hydroxylation sites is 1. The van der Waals surface area contributed by atoms with Crippen LogP contribution in [0.3, 0.4) is 0 Å². The van der Waals surface area contributed by atoms with Gasteiger partial charge in [0.2, 0.25) is 0 Å². The van der Waals surface area contributed by atoms with E-state index in [1.165, 1.54) is 0 Å². The first-order valence-corrected chi connectivity index (χ1v) is 14.8. The summed E-state index contributed by atoms with van der Waals surface area (Å²) in [6, 6.07) is 38.1. The van der Waals surface area contributed by atoms with E-state index in [1.54, 1.807) is 30.3 Å². The maximum atomic E-state index is 14.0. The van der Waals surface area contributed by atoms with E-state index in [2.05, 4.69) is 4.85 Å². The Morgan fingerprint density at radius 3 is 1.64 bits per heavy atom. The summed E-state index contributed by atoms with van der Waals surface area (Å²) in [7, 11) is 0. The van der Waals surface area contributed by atoms with Crippen LogP contribution in [0.25, 0.3) is 82.5 Å². The molecule has 0 unspecified atom stereocenters. The second-order valence-electron chi connectivity index (χ2n) is 11.1. The van der Waals surface area contributed by atoms with Crippen molar-refractivity contribution < 1.29 is 13.2 Å². The Balaban J connectivity index is 1.43. The maximum Gasteiger partial charge on any atom is 0.199 e. The van der Waals surface area contributed by atoms with Crippen LogP contribution in [0.15, 0.2) is 127 Å². The molecule has 7 heteroatoms. The molecule has 0 bridgehead atoms. The van der Waals surface area contributed by atoms with E-state index >= 15 is 0 Å². The number of fused-ring (bicyclic) bond motifs is 5. The van der Waals surface area contributed by atoms with Gasteiger partial charge in [-0.15, -0.1) is 0 Å². The van der Waals surface area contributed by atoms with Crippen molar-refractivity contribution in [2.45, 2.75) is 0 Å². The van der Waals surface area contributed by atoms with E-state index < -0.39 is 17.5 Å². The van der Waals surface area contributed by atoms with Gasteiger partial charge in [-0.25, -0.2) is 33.0 Å². The molecule has 0 saturated heterocycles. The van der Waals surface area contributed by atoms with Crippen molar-refractivity contribution in [1.29, 1.82) is 0 Å². The third-order valence-electron chi connectivity index (χ3n) is 8.27. The molecule has 2 aromatic heterocycles. The minimum Gasteiger partial charge on any atom is -0.248 e. The van der Waals surface area contributed by atoms with Crippen molar-refractivity contribution in [2.75, 3.05) is 0 Å². The van der Waals surface area contributed by atoms with Gasteiger partial charge in [0.05, 0.1) is 40.2 Å². The van der Waals surface area contributed by atoms with Gasteiger partial charge in [0, 0.05) is 27.3 Å². The molecule has 6 aromatic carbocycles. The molecule has 0 amide bonds. The number of aromatic nitrogens is 3. The highest BCUT2D eigenvalue weighted by atomic mass is 19.2. The van der Waals surface area contributed by atoms with E-state index in [9.17, 15) is 13.2 Å². The SMILES string of the molecule is [C-]#[N+]c1cc2nc(-c3ccccc3)c(-c3ccccc3)nc2c2c1c(-c1ccc(-c3cc(F)c(F)c(F)c3)cc1)nc1ccccc12. The third kappa shape index (κ3) is 4.75. The molecule has 0 aliphatic heterocycles. The van der Waals surface area contributed by atoms with Crippen LogP contribution in [0.1, 0.15) is 0 Å². The fraction of sp³-hybridized carbons (Fsp3) is 0. The summed E-state index contributed by atoms with van der Waals surface area (Å²) in [6.07, 6.45) is 0. The zero-order chi connectivity index (χ0) is 32.1. The molecule has 4 nitrogen and oxygen atoms in total. The Kier molecular flexibility index (Phi) is 6.70. The summed E-state index contributed by atoms with van der Waals surface area (Å²) in [4.78, 5) is 19.4. The number of pyridine rings is 1. The van der Waals surface area contributed by atoms with E-state index in [0.29, 0.717) is 55.8 Å². The van der Waals surface area contributed by atoms with Gasteiger partial charge in [-0.1, -0.05) is 103 Å². The summed E-state index contributed by atoms with van der Waals surface area (Å²) >= 11 is 0. The highest BCUT2D eigenvalue weighted by molar-refractivity contribution is 6.25. The summed E-state index contributed by atoms with van der Waals surface area (Å²) < 4.78 is 41.6. The number of halogens is 3. The van der Waals surface area contributed by atoms with Gasteiger partial charge in [0.15, 0.2) is 23.1 Å². The molecule has 0 spiro atoms. The van der Waals surface area contributed by atoms with Crippen LogP contribution < -0.4 is 0 Å². The van der Waals surface area contributed by atoms with Crippen molar-refractivity contribution in [3.05, 3.63) is 156 Å². The number of hydrogen-bond acceptors (Lipinski definition) is 3. The number of nitrogens with zero attached hydrogens (tertiary/aromatic N) is 4. The predicted molar refractivity (Wildman–Crippen MR) is 180 cm³/mol. The van der Waals surface area contributed by atoms with Crippen molar-refractivity contribution in [2.24, 2.45) is 0 Å². The fourth-order valence-corrected chi connectivity index (χ4v) is 6.08. The first kappa shape index (κ1) is 28.1. The van der Waals surface area contributed by atoms with Gasteiger partial charge in [0.25, 0.3) is 0 Å². The van der Waals surface area contributed by atoms with E-state index in [-0.39, 0.29) is 5.56 Å². The molecular formula is C40H21F3N4. The van der Waals surface area contributed by atoms with Gasteiger partial charge in [0.1, 0.15) is 0 Å². The minimum atomic E-state index is -1.51. The van der Waals surface area contributed by atoms with Gasteiger partial charge in [-0.3, -0.25) is 0 Å². The molecule has 0 aliphatic carbocycles. The Morgan fingerprint density at radius 1 is 0.468 bits per heavy atom. The molecule has 0 aliphatic rings. The van der Waals surface area contributed by atoms with E-state index in [1.807, 2.05) is 84.9 Å². The van der Waals surface area contributed by atoms with Gasteiger partial charge >= 0.3 is 0 Å². The lowest BCUT2D eigenvalue weighted by molar-refractivity contribution is 0.448. The predicted octanol–water partition coefficient (Wildman–Crippen LogP) is 11.0. The first-order chi connectivity index (χ1) is 23.0. The van der Waals surface area contributed by atoms with Gasteiger partial charge < -0.3 is 0 Å². The normalized spacial score (nSPS) is 11.3. The second kappa shape index (κ2) is 11.2. The topological polar surface area (TPSA) is 43.0 Å². The summed E-state index contributed by atoms with van der Waals surface area (Å²) in [5.74, 6) is -4.02. The van der Waals surface area contributed by atoms with Gasteiger partial charge in [-0.2, -0.15) is 0 Å². The summed E-state index contributed by atoms with van der Waals surface area (Å²) in [5, 5.41) is 2.21. The molecule has 0 saturated carbocycles. The lowest BCUT2D eigenvalue weighted by Gasteiger charge is -2.16. The van der Waals surface area contributed by atoms with E-state index in [0.717, 1.165) is 34.0 Å². The van der Waals surface area contributed by atoms with Crippen LogP contribution >= 0.6 is 0 Å². The maximum absolute atomic E-state index is 14.0. The molecule has 47 heavy (non-hydrogen) atoms. The zero-order valence-corrected chi connectivity index (χ0v) is 24.5. The Bertz CT molecular complexity index is 2520. The molecule has 0 radical (unpaired) electrons. The van der Waals surface area contributed by atoms with Gasteiger partial charge in [-0.05, 0) is 41.0 Å². The Labute approximate surface area is 267 Å². The van der Waals surface area contributed by atoms with Crippen molar-refractivity contribution in [3.63, 3.8) is 0 Å². The Hall–Kier alpha value is -6.39. The number of benzene rings is 6. The highest BCUT2D eigenvalue weighted by Gasteiger charge is 2.21. The largest absolute Gasteiger partial charge is 0.248 e. The van der Waals surface area contributed by atoms with Crippen LogP contribution in [0.2, 0.25) is 0 Å². The molecule has 8 aromatic rings. The molecule has 2 heterocycles. The van der Waals surface area contributed by atoms with Crippen LogP contribution in [0.4, 0.5) is 18.9 Å². The van der Waals surface area contributed by atoms with E-state index in [4.69, 9.17) is 21.5 Å². The standard InChI is InChI=1S/C40H21F3N4/c1-44-32-22-33-40(47-39(25-12-6-3-7-13-25)38(46-33)24-10-4-2-5-11-24)34-28-14-8-9-15-31(28)45-37(35(32)34)26-18-16-23(17-19-26)27-20-29(41)36(43)30(42)21-27/h2-22H. The van der Waals surface area contributed by atoms with Crippen LogP contribution in [-0.2, 0) is 0 Å². The molecule has 0 atom stereocenters. The lowest BCUT2D eigenvalue weighted by Crippen LogP contribution is -1.98. The molecule has 8 rings (SSSR count). The quantitative estimate of drug-likeness (QED) is 0.113. The van der Waals surface area contributed by atoms with Crippen molar-refractivity contribution in [1.82, 2.24) is 15.0 Å². The van der Waals surface area contributed by atoms with Crippen LogP contribution in [-0.4, -0.2) is 15.0 Å². The Morgan fingerprint density at radius 2 is 1.00 bits per heavy atom. The molecule has 0 N–H and O–H groups in total. The third-order valence-corrected chi connectivity index (χ3v) is 8.27. The summed E-state index contributed by atoms with van der Waals surface area (Å²) in [6.45, 7) is 8.21. The average molecular weight is 615 g/mol. The number of rotatable bonds is 4. The smallest absolute Gasteiger partial charge is 0.199 e. The number of hydrogen-bond donors (Lipinski definition) is 0. The molecule has 0 fully saturated rings. The zero-order valence-electron chi connectivity index (χ0n) is 24.5. The van der Waals surface area contributed by atoms with Crippen LogP contribution in [0, 0.1) is 24.0 Å². The minimum absolute atomic E-state index is 0.204. The summed E-state index contributed by atoms with van der Waals surface area (Å²) in [5.41, 5.74) is 7.49. The lowest BCUT2D eigenvalue weighted by atomic mass is 9.95. The highest BCUT2D eigenvalue weighted by Crippen LogP contribution is 2.43. The van der Waals surface area contributed by atoms with Crippen molar-refractivity contribution in [3.8, 4) is 44.9 Å². The fourth-order valence-electron chi connectivity index (χ4n) is 6.08. The van der Waals surface area contributed by atoms with Crippen LogP contribution in [0.5, 0.6) is 0 Å².